The van der Waals surface area contributed by atoms with E-state index in [1.165, 1.54) is 38.5 Å². The Bertz CT molecular complexity index is 299. The van der Waals surface area contributed by atoms with Gasteiger partial charge >= 0.3 is 0 Å². The van der Waals surface area contributed by atoms with E-state index in [0.29, 0.717) is 12.8 Å². The fourth-order valence-corrected chi connectivity index (χ4v) is 3.50. The Kier molecular flexibility index (Phi) is 12.6. The molecule has 3 nitrogen and oxygen atoms in total. The molecule has 0 rings (SSSR count). The monoisotopic (exact) mass is 306 g/mol. The summed E-state index contributed by atoms with van der Waals surface area (Å²) >= 11 is 0. The lowest BCUT2D eigenvalue weighted by atomic mass is 10.0. The van der Waals surface area contributed by atoms with E-state index in [2.05, 4.69) is 13.8 Å². The number of unbranched alkanes of at least 4 members (excludes halogenated alkanes) is 9. The van der Waals surface area contributed by atoms with E-state index < -0.39 is 15.4 Å². The van der Waals surface area contributed by atoms with Gasteiger partial charge in [-0.1, -0.05) is 84.5 Å². The van der Waals surface area contributed by atoms with Gasteiger partial charge < -0.3 is 0 Å². The minimum absolute atomic E-state index is 0.533. The van der Waals surface area contributed by atoms with E-state index in [4.69, 9.17) is 0 Å². The van der Waals surface area contributed by atoms with E-state index in [1.807, 2.05) is 0 Å². The van der Waals surface area contributed by atoms with Crippen molar-refractivity contribution < 1.29 is 13.0 Å². The number of rotatable bonds is 14. The Morgan fingerprint density at radius 3 is 1.50 bits per heavy atom. The van der Waals surface area contributed by atoms with Crippen molar-refractivity contribution in [2.75, 3.05) is 0 Å². The molecule has 0 saturated heterocycles. The quantitative estimate of drug-likeness (QED) is 0.347. The van der Waals surface area contributed by atoms with Crippen LogP contribution in [0.25, 0.3) is 0 Å². The molecule has 0 fully saturated rings. The van der Waals surface area contributed by atoms with E-state index in [0.717, 1.165) is 32.1 Å². The Morgan fingerprint density at radius 2 is 1.05 bits per heavy atom. The molecule has 0 aromatic rings. The molecule has 0 aliphatic carbocycles. The van der Waals surface area contributed by atoms with Crippen LogP contribution < -0.4 is 0 Å². The van der Waals surface area contributed by atoms with Crippen molar-refractivity contribution in [2.45, 2.75) is 103 Å². The first-order valence-corrected chi connectivity index (χ1v) is 9.99. The van der Waals surface area contributed by atoms with Crippen LogP contribution in [0, 0.1) is 0 Å². The molecule has 1 unspecified atom stereocenters. The van der Waals surface area contributed by atoms with E-state index in [9.17, 15) is 13.0 Å². The summed E-state index contributed by atoms with van der Waals surface area (Å²) in [6, 6.07) is 0. The Morgan fingerprint density at radius 1 is 0.700 bits per heavy atom. The van der Waals surface area contributed by atoms with Gasteiger partial charge in [0.25, 0.3) is 10.1 Å². The van der Waals surface area contributed by atoms with Crippen LogP contribution in [0.3, 0.4) is 0 Å². The maximum absolute atomic E-state index is 11.3. The summed E-state index contributed by atoms with van der Waals surface area (Å²) in [6.07, 6.45) is 13.9. The van der Waals surface area contributed by atoms with Gasteiger partial charge in [-0.2, -0.15) is 8.42 Å². The first-order valence-electron chi connectivity index (χ1n) is 8.48. The van der Waals surface area contributed by atoms with Gasteiger partial charge in [-0.05, 0) is 12.8 Å². The predicted molar refractivity (Wildman–Crippen MR) is 86.7 cm³/mol. The number of hydrogen-bond donors (Lipinski definition) is 1. The molecule has 0 spiro atoms. The van der Waals surface area contributed by atoms with Crippen LogP contribution >= 0.6 is 0 Å². The minimum atomic E-state index is -3.85. The standard InChI is InChI=1S/C16H34O3S/c1-3-5-7-8-9-10-11-13-15-16(20(17,18)19)14-12-6-4-2/h16H,3-15H2,1-2H3,(H,17,18,19). The lowest BCUT2D eigenvalue weighted by molar-refractivity contribution is 0.444. The summed E-state index contributed by atoms with van der Waals surface area (Å²) in [5.74, 6) is 0. The van der Waals surface area contributed by atoms with Gasteiger partial charge in [0.1, 0.15) is 0 Å². The second-order valence-electron chi connectivity index (χ2n) is 5.90. The molecule has 0 heterocycles. The fraction of sp³-hybridized carbons (Fsp3) is 1.00. The Labute approximate surface area is 126 Å². The molecule has 1 atom stereocenters. The van der Waals surface area contributed by atoms with Crippen molar-refractivity contribution >= 4 is 10.1 Å². The van der Waals surface area contributed by atoms with Crippen LogP contribution in [-0.4, -0.2) is 18.2 Å². The Hall–Kier alpha value is -0.0900. The van der Waals surface area contributed by atoms with E-state index in [1.54, 1.807) is 0 Å². The summed E-state index contributed by atoms with van der Waals surface area (Å²) in [7, 11) is -3.85. The van der Waals surface area contributed by atoms with Gasteiger partial charge in [0.05, 0.1) is 5.25 Å². The van der Waals surface area contributed by atoms with Crippen molar-refractivity contribution in [2.24, 2.45) is 0 Å². The fourth-order valence-electron chi connectivity index (χ4n) is 2.57. The first-order chi connectivity index (χ1) is 9.52. The topological polar surface area (TPSA) is 54.4 Å². The molecule has 0 aliphatic heterocycles. The number of hydrogen-bond acceptors (Lipinski definition) is 2. The summed E-state index contributed by atoms with van der Waals surface area (Å²) in [5, 5.41) is -0.533. The molecule has 0 radical (unpaired) electrons. The summed E-state index contributed by atoms with van der Waals surface area (Å²) < 4.78 is 31.9. The molecule has 4 heteroatoms. The summed E-state index contributed by atoms with van der Waals surface area (Å²) in [5.41, 5.74) is 0. The van der Waals surface area contributed by atoms with Gasteiger partial charge in [0.2, 0.25) is 0 Å². The molecule has 0 saturated carbocycles. The second-order valence-corrected chi connectivity index (χ2v) is 7.59. The Balaban J connectivity index is 3.69. The van der Waals surface area contributed by atoms with Crippen LogP contribution in [0.2, 0.25) is 0 Å². The summed E-state index contributed by atoms with van der Waals surface area (Å²) in [4.78, 5) is 0. The molecule has 0 aliphatic rings. The third-order valence-corrected chi connectivity index (χ3v) is 5.24. The zero-order valence-electron chi connectivity index (χ0n) is 13.4. The molecule has 0 amide bonds. The third-order valence-electron chi connectivity index (χ3n) is 3.93. The highest BCUT2D eigenvalue weighted by atomic mass is 32.2. The smallest absolute Gasteiger partial charge is 0.267 e. The molecule has 122 valence electrons. The third kappa shape index (κ3) is 11.7. The molecular weight excluding hydrogens is 272 g/mol. The van der Waals surface area contributed by atoms with Crippen LogP contribution in [0.1, 0.15) is 97.3 Å². The maximum atomic E-state index is 11.3. The SMILES string of the molecule is CCCCCCCCCCC(CCCCC)S(=O)(=O)O. The van der Waals surface area contributed by atoms with Crippen LogP contribution in [0.15, 0.2) is 0 Å². The van der Waals surface area contributed by atoms with E-state index >= 15 is 0 Å². The highest BCUT2D eigenvalue weighted by Gasteiger charge is 2.21. The average Bonchev–Trinajstić information content (AvgIpc) is 2.38. The average molecular weight is 307 g/mol. The molecule has 20 heavy (non-hydrogen) atoms. The molecule has 0 bridgehead atoms. The van der Waals surface area contributed by atoms with Crippen molar-refractivity contribution in [3.05, 3.63) is 0 Å². The molecule has 0 aromatic carbocycles. The predicted octanol–water partition coefficient (Wildman–Crippen LogP) is 5.35. The molecular formula is C16H34O3S. The largest absolute Gasteiger partial charge is 0.285 e. The van der Waals surface area contributed by atoms with Gasteiger partial charge in [0, 0.05) is 0 Å². The molecule has 0 aromatic heterocycles. The van der Waals surface area contributed by atoms with Gasteiger partial charge in [0.15, 0.2) is 0 Å². The van der Waals surface area contributed by atoms with Gasteiger partial charge in [-0.15, -0.1) is 0 Å². The van der Waals surface area contributed by atoms with Crippen molar-refractivity contribution in [1.82, 2.24) is 0 Å². The van der Waals surface area contributed by atoms with Crippen molar-refractivity contribution in [3.63, 3.8) is 0 Å². The van der Waals surface area contributed by atoms with Crippen LogP contribution in [0.5, 0.6) is 0 Å². The van der Waals surface area contributed by atoms with Gasteiger partial charge in [-0.3, -0.25) is 4.55 Å². The van der Waals surface area contributed by atoms with E-state index in [-0.39, 0.29) is 0 Å². The van der Waals surface area contributed by atoms with Crippen LogP contribution in [0.4, 0.5) is 0 Å². The lowest BCUT2D eigenvalue weighted by Crippen LogP contribution is -2.20. The maximum Gasteiger partial charge on any atom is 0.267 e. The van der Waals surface area contributed by atoms with Crippen LogP contribution in [-0.2, 0) is 10.1 Å². The lowest BCUT2D eigenvalue weighted by Gasteiger charge is -2.13. The van der Waals surface area contributed by atoms with Gasteiger partial charge in [-0.25, -0.2) is 0 Å². The zero-order valence-corrected chi connectivity index (χ0v) is 14.3. The highest BCUT2D eigenvalue weighted by molar-refractivity contribution is 7.86. The first kappa shape index (κ1) is 19.9. The second kappa shape index (κ2) is 12.6. The minimum Gasteiger partial charge on any atom is -0.285 e. The van der Waals surface area contributed by atoms with Crippen molar-refractivity contribution in [3.8, 4) is 0 Å². The molecule has 1 N–H and O–H groups in total. The highest BCUT2D eigenvalue weighted by Crippen LogP contribution is 2.18. The van der Waals surface area contributed by atoms with Crippen molar-refractivity contribution in [1.29, 1.82) is 0 Å². The zero-order chi connectivity index (χ0) is 15.3. The normalized spacial score (nSPS) is 13.6. The summed E-state index contributed by atoms with van der Waals surface area (Å²) in [6.45, 7) is 4.31.